The quantitative estimate of drug-likeness (QED) is 0.608. The molecule has 0 heterocycles. The van der Waals surface area contributed by atoms with Gasteiger partial charge in [-0.05, 0) is 25.0 Å². The van der Waals surface area contributed by atoms with Crippen LogP contribution >= 0.6 is 0 Å². The molecule has 0 aromatic heterocycles. The summed E-state index contributed by atoms with van der Waals surface area (Å²) in [6.45, 7) is 3.95. The number of allylic oxidation sites excluding steroid dienone is 1. The molecule has 0 saturated heterocycles. The van der Waals surface area contributed by atoms with Gasteiger partial charge in [0.25, 0.3) is 0 Å². The second-order valence-electron chi connectivity index (χ2n) is 2.70. The minimum Gasteiger partial charge on any atom is -0.298 e. The summed E-state index contributed by atoms with van der Waals surface area (Å²) in [5.74, 6) is 0. The molecule has 0 bridgehead atoms. The second-order valence-corrected chi connectivity index (χ2v) is 2.70. The zero-order valence-corrected chi connectivity index (χ0v) is 7.37. The van der Waals surface area contributed by atoms with Crippen LogP contribution in [0.3, 0.4) is 0 Å². The lowest BCUT2D eigenvalue weighted by atomic mass is 10.0. The van der Waals surface area contributed by atoms with Crippen molar-refractivity contribution >= 4 is 12.4 Å². The standard InChI is InChI=1S/C11H12O/c1-3-5-11-9(2)6-4-7-10(11)8-12/h3-8H,1-2H3/b5-3-. The summed E-state index contributed by atoms with van der Waals surface area (Å²) in [6, 6.07) is 5.73. The highest BCUT2D eigenvalue weighted by molar-refractivity contribution is 5.82. The summed E-state index contributed by atoms with van der Waals surface area (Å²) in [5.41, 5.74) is 2.92. The maximum absolute atomic E-state index is 10.6. The molecule has 0 fully saturated rings. The summed E-state index contributed by atoms with van der Waals surface area (Å²) >= 11 is 0. The predicted molar refractivity (Wildman–Crippen MR) is 51.3 cm³/mol. The van der Waals surface area contributed by atoms with Gasteiger partial charge in [-0.25, -0.2) is 0 Å². The van der Waals surface area contributed by atoms with E-state index in [0.29, 0.717) is 0 Å². The van der Waals surface area contributed by atoms with Crippen LogP contribution in [-0.2, 0) is 0 Å². The second kappa shape index (κ2) is 3.86. The average Bonchev–Trinajstić information content (AvgIpc) is 2.09. The molecule has 0 atom stereocenters. The Balaban J connectivity index is 3.28. The molecule has 0 radical (unpaired) electrons. The van der Waals surface area contributed by atoms with Gasteiger partial charge < -0.3 is 0 Å². The number of rotatable bonds is 2. The molecule has 12 heavy (non-hydrogen) atoms. The molecule has 62 valence electrons. The van der Waals surface area contributed by atoms with Gasteiger partial charge in [-0.2, -0.15) is 0 Å². The molecule has 0 unspecified atom stereocenters. The van der Waals surface area contributed by atoms with Gasteiger partial charge >= 0.3 is 0 Å². The van der Waals surface area contributed by atoms with E-state index >= 15 is 0 Å². The van der Waals surface area contributed by atoms with Crippen molar-refractivity contribution in [1.82, 2.24) is 0 Å². The number of hydrogen-bond acceptors (Lipinski definition) is 1. The van der Waals surface area contributed by atoms with Crippen LogP contribution < -0.4 is 0 Å². The third-order valence-electron chi connectivity index (χ3n) is 1.82. The first-order valence-corrected chi connectivity index (χ1v) is 3.97. The van der Waals surface area contributed by atoms with Crippen LogP contribution in [0.1, 0.15) is 28.4 Å². The summed E-state index contributed by atoms with van der Waals surface area (Å²) in [7, 11) is 0. The molecule has 1 rings (SSSR count). The molecule has 0 N–H and O–H groups in total. The highest BCUT2D eigenvalue weighted by Gasteiger charge is 1.99. The minimum absolute atomic E-state index is 0.758. The summed E-state index contributed by atoms with van der Waals surface area (Å²) < 4.78 is 0. The van der Waals surface area contributed by atoms with E-state index in [-0.39, 0.29) is 0 Å². The zero-order valence-electron chi connectivity index (χ0n) is 7.37. The lowest BCUT2D eigenvalue weighted by Gasteiger charge is -2.02. The Kier molecular flexibility index (Phi) is 2.81. The number of benzene rings is 1. The van der Waals surface area contributed by atoms with Crippen LogP contribution in [0.2, 0.25) is 0 Å². The molecular weight excluding hydrogens is 148 g/mol. The molecule has 0 saturated carbocycles. The normalized spacial score (nSPS) is 10.5. The van der Waals surface area contributed by atoms with E-state index in [9.17, 15) is 4.79 Å². The van der Waals surface area contributed by atoms with E-state index in [1.54, 1.807) is 0 Å². The number of hydrogen-bond donors (Lipinski definition) is 0. The molecule has 0 spiro atoms. The molecule has 1 heteroatoms. The Morgan fingerprint density at radius 3 is 2.67 bits per heavy atom. The highest BCUT2D eigenvalue weighted by atomic mass is 16.1. The summed E-state index contributed by atoms with van der Waals surface area (Å²) in [6.07, 6.45) is 4.79. The Bertz CT molecular complexity index is 311. The number of aryl methyl sites for hydroxylation is 1. The number of carbonyl (C=O) groups excluding carboxylic acids is 1. The Hall–Kier alpha value is -1.37. The van der Waals surface area contributed by atoms with Crippen molar-refractivity contribution in [3.63, 3.8) is 0 Å². The van der Waals surface area contributed by atoms with Gasteiger partial charge in [-0.3, -0.25) is 4.79 Å². The van der Waals surface area contributed by atoms with Gasteiger partial charge in [0.15, 0.2) is 6.29 Å². The zero-order chi connectivity index (χ0) is 8.97. The van der Waals surface area contributed by atoms with Crippen molar-refractivity contribution in [2.75, 3.05) is 0 Å². The first-order chi connectivity index (χ1) is 5.79. The van der Waals surface area contributed by atoms with Crippen LogP contribution in [0.15, 0.2) is 24.3 Å². The van der Waals surface area contributed by atoms with E-state index in [2.05, 4.69) is 0 Å². The minimum atomic E-state index is 0.758. The Labute approximate surface area is 72.7 Å². The van der Waals surface area contributed by atoms with Gasteiger partial charge in [0.05, 0.1) is 0 Å². The molecule has 0 aliphatic heterocycles. The van der Waals surface area contributed by atoms with Gasteiger partial charge in [0.2, 0.25) is 0 Å². The molecule has 1 aromatic rings. The molecule has 1 aromatic carbocycles. The Morgan fingerprint density at radius 2 is 2.08 bits per heavy atom. The molecule has 0 amide bonds. The fourth-order valence-corrected chi connectivity index (χ4v) is 1.20. The van der Waals surface area contributed by atoms with Gasteiger partial charge in [-0.1, -0.05) is 30.4 Å². The SMILES string of the molecule is C/C=C\c1c(C)cccc1C=O. The van der Waals surface area contributed by atoms with Crippen molar-refractivity contribution in [3.8, 4) is 0 Å². The lowest BCUT2D eigenvalue weighted by molar-refractivity contribution is 0.112. The van der Waals surface area contributed by atoms with E-state index in [4.69, 9.17) is 0 Å². The van der Waals surface area contributed by atoms with E-state index in [0.717, 1.165) is 23.0 Å². The predicted octanol–water partition coefficient (Wildman–Crippen LogP) is 2.84. The van der Waals surface area contributed by atoms with Crippen LogP contribution in [-0.4, -0.2) is 6.29 Å². The molecule has 1 nitrogen and oxygen atoms in total. The fraction of sp³-hybridized carbons (Fsp3) is 0.182. The van der Waals surface area contributed by atoms with Crippen LogP contribution in [0.25, 0.3) is 6.08 Å². The summed E-state index contributed by atoms with van der Waals surface area (Å²) in [5, 5.41) is 0. The summed E-state index contributed by atoms with van der Waals surface area (Å²) in [4.78, 5) is 10.6. The van der Waals surface area contributed by atoms with Crippen molar-refractivity contribution in [1.29, 1.82) is 0 Å². The lowest BCUT2D eigenvalue weighted by Crippen LogP contribution is -1.88. The van der Waals surface area contributed by atoms with E-state index < -0.39 is 0 Å². The molecule has 0 aliphatic rings. The van der Waals surface area contributed by atoms with Gasteiger partial charge in [-0.15, -0.1) is 0 Å². The van der Waals surface area contributed by atoms with Crippen LogP contribution in [0.5, 0.6) is 0 Å². The maximum Gasteiger partial charge on any atom is 0.150 e. The highest BCUT2D eigenvalue weighted by Crippen LogP contribution is 2.13. The topological polar surface area (TPSA) is 17.1 Å². The van der Waals surface area contributed by atoms with Gasteiger partial charge in [0.1, 0.15) is 0 Å². The largest absolute Gasteiger partial charge is 0.298 e. The maximum atomic E-state index is 10.6. The van der Waals surface area contributed by atoms with Crippen molar-refractivity contribution in [3.05, 3.63) is 41.0 Å². The van der Waals surface area contributed by atoms with Crippen molar-refractivity contribution in [2.45, 2.75) is 13.8 Å². The fourth-order valence-electron chi connectivity index (χ4n) is 1.20. The van der Waals surface area contributed by atoms with Crippen molar-refractivity contribution in [2.24, 2.45) is 0 Å². The third-order valence-corrected chi connectivity index (χ3v) is 1.82. The first kappa shape index (κ1) is 8.72. The number of carbonyl (C=O) groups is 1. The van der Waals surface area contributed by atoms with Gasteiger partial charge in [0, 0.05) is 5.56 Å². The van der Waals surface area contributed by atoms with Crippen molar-refractivity contribution < 1.29 is 4.79 Å². The smallest absolute Gasteiger partial charge is 0.150 e. The molecular formula is C11H12O. The monoisotopic (exact) mass is 160 g/mol. The molecule has 0 aliphatic carbocycles. The van der Waals surface area contributed by atoms with E-state index in [1.807, 2.05) is 44.2 Å². The average molecular weight is 160 g/mol. The first-order valence-electron chi connectivity index (χ1n) is 3.97. The van der Waals surface area contributed by atoms with E-state index in [1.165, 1.54) is 0 Å². The van der Waals surface area contributed by atoms with Crippen LogP contribution in [0.4, 0.5) is 0 Å². The number of aldehydes is 1. The third kappa shape index (κ3) is 1.62. The van der Waals surface area contributed by atoms with Crippen LogP contribution in [0, 0.1) is 6.92 Å². The Morgan fingerprint density at radius 1 is 1.33 bits per heavy atom.